The number of quaternary nitrogens is 1. The van der Waals surface area contributed by atoms with Crippen molar-refractivity contribution >= 4 is 11.9 Å². The van der Waals surface area contributed by atoms with Crippen molar-refractivity contribution in [1.82, 2.24) is 0 Å². The lowest BCUT2D eigenvalue weighted by atomic mass is 10.1. The number of urea groups is 1. The molecule has 1 unspecified atom stereocenters. The lowest BCUT2D eigenvalue weighted by Crippen LogP contribution is -2.55. The molecule has 0 saturated heterocycles. The van der Waals surface area contributed by atoms with E-state index >= 15 is 0 Å². The number of primary amides is 1. The van der Waals surface area contributed by atoms with Crippen molar-refractivity contribution in [1.29, 1.82) is 0 Å². The molecule has 0 radical (unpaired) electrons. The van der Waals surface area contributed by atoms with Gasteiger partial charge in [0.15, 0.2) is 0 Å². The number of nitrogens with two attached hydrogens (primary N) is 1. The first kappa shape index (κ1) is 25.8. The van der Waals surface area contributed by atoms with E-state index in [0.29, 0.717) is 12.8 Å². The lowest BCUT2D eigenvalue weighted by molar-refractivity contribution is -0.719. The quantitative estimate of drug-likeness (QED) is 0.138. The number of unbranched alkanes of at least 4 members (excludes halogenated alkanes) is 11. The Morgan fingerprint density at radius 1 is 0.778 bits per heavy atom. The van der Waals surface area contributed by atoms with Gasteiger partial charge in [-0.15, -0.1) is 0 Å². The maximum absolute atomic E-state index is 12.2. The van der Waals surface area contributed by atoms with Crippen LogP contribution in [-0.4, -0.2) is 23.1 Å². The maximum atomic E-state index is 12.2. The van der Waals surface area contributed by atoms with Crippen LogP contribution in [0.15, 0.2) is 12.2 Å². The Hall–Kier alpha value is -1.20. The minimum atomic E-state index is -1.50. The Morgan fingerprint density at radius 3 is 1.74 bits per heavy atom. The molecule has 0 aromatic heterocycles. The van der Waals surface area contributed by atoms with Crippen LogP contribution in [0, 0.1) is 5.21 Å². The van der Waals surface area contributed by atoms with Crippen molar-refractivity contribution < 1.29 is 14.2 Å². The van der Waals surface area contributed by atoms with Crippen molar-refractivity contribution in [3.63, 3.8) is 0 Å². The van der Waals surface area contributed by atoms with Gasteiger partial charge >= 0.3 is 11.9 Å². The molecule has 5 heteroatoms. The number of hydroxylamine groups is 3. The SMILES string of the molecule is CCCCCCCC/C=C\CCCCCCCC(=O)[N+]([O-])(CCC)C(N)=O. The van der Waals surface area contributed by atoms with Crippen molar-refractivity contribution in [2.24, 2.45) is 5.73 Å². The fourth-order valence-corrected chi connectivity index (χ4v) is 3.20. The average Bonchev–Trinajstić information content (AvgIpc) is 2.64. The van der Waals surface area contributed by atoms with Gasteiger partial charge in [0.1, 0.15) is 0 Å². The van der Waals surface area contributed by atoms with Crippen LogP contribution in [0.3, 0.4) is 0 Å². The van der Waals surface area contributed by atoms with Gasteiger partial charge in [-0.1, -0.05) is 77.4 Å². The predicted molar refractivity (Wildman–Crippen MR) is 113 cm³/mol. The first-order valence-corrected chi connectivity index (χ1v) is 11.1. The van der Waals surface area contributed by atoms with Gasteiger partial charge in [0, 0.05) is 0 Å². The summed E-state index contributed by atoms with van der Waals surface area (Å²) in [4.78, 5) is 23.2. The molecule has 0 aliphatic rings. The van der Waals surface area contributed by atoms with Gasteiger partial charge in [-0.05, 0) is 38.5 Å². The highest BCUT2D eigenvalue weighted by Crippen LogP contribution is 2.14. The molecule has 0 fully saturated rings. The number of allylic oxidation sites excluding steroid dienone is 2. The standard InChI is InChI=1S/C22H42N2O3/c1-3-5-6-7-8-9-10-11-12-13-14-15-16-17-18-19-21(25)24(27,20-4-2)22(23)26/h11-12H,3-10,13-20H2,1-2H3,(H2,23,26)/b12-11-. The summed E-state index contributed by atoms with van der Waals surface area (Å²) in [7, 11) is 0. The third kappa shape index (κ3) is 12.7. The number of hydrogen-bond acceptors (Lipinski definition) is 3. The van der Waals surface area contributed by atoms with Crippen LogP contribution in [-0.2, 0) is 4.79 Å². The van der Waals surface area contributed by atoms with E-state index in [4.69, 9.17) is 5.73 Å². The van der Waals surface area contributed by atoms with E-state index in [0.717, 1.165) is 25.7 Å². The fourth-order valence-electron chi connectivity index (χ4n) is 3.20. The van der Waals surface area contributed by atoms with E-state index < -0.39 is 16.6 Å². The Balaban J connectivity index is 3.57. The fraction of sp³-hybridized carbons (Fsp3) is 0.818. The third-order valence-corrected chi connectivity index (χ3v) is 4.95. The van der Waals surface area contributed by atoms with Crippen LogP contribution in [0.5, 0.6) is 0 Å². The Labute approximate surface area is 166 Å². The van der Waals surface area contributed by atoms with Gasteiger partial charge in [-0.2, -0.15) is 0 Å². The van der Waals surface area contributed by atoms with Gasteiger partial charge in [-0.3, -0.25) is 0 Å². The van der Waals surface area contributed by atoms with Crippen LogP contribution < -0.4 is 5.73 Å². The van der Waals surface area contributed by atoms with Crippen molar-refractivity contribution in [2.75, 3.05) is 6.54 Å². The predicted octanol–water partition coefficient (Wildman–Crippen LogP) is 6.35. The first-order valence-electron chi connectivity index (χ1n) is 11.1. The molecular formula is C22H42N2O3. The summed E-state index contributed by atoms with van der Waals surface area (Å²) in [5.74, 6) is -0.595. The number of hydrogen-bond donors (Lipinski definition) is 1. The average molecular weight is 383 g/mol. The molecule has 27 heavy (non-hydrogen) atoms. The van der Waals surface area contributed by atoms with E-state index in [1.165, 1.54) is 51.4 Å². The van der Waals surface area contributed by atoms with Gasteiger partial charge in [-0.25, -0.2) is 14.2 Å². The van der Waals surface area contributed by atoms with Gasteiger partial charge in [0.2, 0.25) is 0 Å². The Bertz CT molecular complexity index is 424. The number of carbonyl (C=O) groups is 2. The summed E-state index contributed by atoms with van der Waals surface area (Å²) >= 11 is 0. The van der Waals surface area contributed by atoms with Crippen molar-refractivity contribution in [3.8, 4) is 0 Å². The third-order valence-electron chi connectivity index (χ3n) is 4.95. The Kier molecular flexibility index (Phi) is 16.2. The number of amides is 3. The molecule has 0 bridgehead atoms. The topological polar surface area (TPSA) is 83.2 Å². The lowest BCUT2D eigenvalue weighted by Gasteiger charge is -2.34. The second-order valence-electron chi connectivity index (χ2n) is 7.53. The summed E-state index contributed by atoms with van der Waals surface area (Å²) in [5.41, 5.74) is 5.11. The molecule has 5 nitrogen and oxygen atoms in total. The molecule has 0 aliphatic heterocycles. The molecule has 0 rings (SSSR count). The molecule has 0 heterocycles. The minimum absolute atomic E-state index is 0.0563. The largest absolute Gasteiger partial charge is 0.616 e. The van der Waals surface area contributed by atoms with Crippen LogP contribution >= 0.6 is 0 Å². The van der Waals surface area contributed by atoms with E-state index in [1.807, 2.05) is 0 Å². The van der Waals surface area contributed by atoms with Crippen LogP contribution in [0.4, 0.5) is 4.79 Å². The Morgan fingerprint density at radius 2 is 1.26 bits per heavy atom. The summed E-state index contributed by atoms with van der Waals surface area (Å²) < 4.78 is -1.50. The van der Waals surface area contributed by atoms with Gasteiger partial charge in [0.25, 0.3) is 0 Å². The second kappa shape index (κ2) is 16.9. The van der Waals surface area contributed by atoms with E-state index in [1.54, 1.807) is 6.92 Å². The molecule has 0 aliphatic carbocycles. The monoisotopic (exact) mass is 382 g/mol. The highest BCUT2D eigenvalue weighted by atomic mass is 16.6. The van der Waals surface area contributed by atoms with Crippen molar-refractivity contribution in [3.05, 3.63) is 17.4 Å². The molecular weight excluding hydrogens is 340 g/mol. The summed E-state index contributed by atoms with van der Waals surface area (Å²) in [5, 5.41) is 12.2. The molecule has 0 spiro atoms. The van der Waals surface area contributed by atoms with Gasteiger partial charge in [0.05, 0.1) is 13.0 Å². The van der Waals surface area contributed by atoms with Gasteiger partial charge < -0.3 is 10.9 Å². The van der Waals surface area contributed by atoms with E-state index in [-0.39, 0.29) is 13.0 Å². The van der Waals surface area contributed by atoms with Crippen LogP contribution in [0.2, 0.25) is 0 Å². The zero-order chi connectivity index (χ0) is 20.4. The summed E-state index contributed by atoms with van der Waals surface area (Å²) in [6.07, 6.45) is 20.5. The highest BCUT2D eigenvalue weighted by Gasteiger charge is 2.32. The number of imide groups is 1. The van der Waals surface area contributed by atoms with Crippen LogP contribution in [0.1, 0.15) is 110 Å². The van der Waals surface area contributed by atoms with E-state index in [2.05, 4.69) is 19.1 Å². The smallest absolute Gasteiger partial charge is 0.421 e. The molecule has 158 valence electrons. The first-order chi connectivity index (χ1) is 13.0. The zero-order valence-electron chi connectivity index (χ0n) is 17.7. The number of carbonyl (C=O) groups excluding carboxylic acids is 2. The molecule has 3 amide bonds. The second-order valence-corrected chi connectivity index (χ2v) is 7.53. The number of rotatable bonds is 17. The molecule has 1 atom stereocenters. The summed E-state index contributed by atoms with van der Waals surface area (Å²) in [6.45, 7) is 3.96. The summed E-state index contributed by atoms with van der Waals surface area (Å²) in [6, 6.07) is -1.09. The van der Waals surface area contributed by atoms with Crippen molar-refractivity contribution in [2.45, 2.75) is 110 Å². The molecule has 0 aromatic carbocycles. The number of nitrogens with zero attached hydrogens (tertiary/aromatic N) is 1. The van der Waals surface area contributed by atoms with E-state index in [9.17, 15) is 14.8 Å². The molecule has 0 saturated carbocycles. The normalized spacial score (nSPS) is 13.7. The minimum Gasteiger partial charge on any atom is -0.616 e. The zero-order valence-corrected chi connectivity index (χ0v) is 17.7. The molecule has 2 N–H and O–H groups in total. The van der Waals surface area contributed by atoms with Crippen LogP contribution in [0.25, 0.3) is 0 Å². The highest BCUT2D eigenvalue weighted by molar-refractivity contribution is 5.83. The maximum Gasteiger partial charge on any atom is 0.421 e. The molecule has 0 aromatic rings.